The molecule has 0 radical (unpaired) electrons. The zero-order valence-corrected chi connectivity index (χ0v) is 17.9. The van der Waals surface area contributed by atoms with Crippen molar-refractivity contribution in [3.05, 3.63) is 76.2 Å². The van der Waals surface area contributed by atoms with E-state index in [2.05, 4.69) is 25.7 Å². The van der Waals surface area contributed by atoms with Gasteiger partial charge in [-0.25, -0.2) is 5.43 Å². The number of thiophene rings is 1. The van der Waals surface area contributed by atoms with Gasteiger partial charge in [0.15, 0.2) is 11.0 Å². The standard InChI is InChI=1S/C20H15ClN6OS2/c21-15-3-5-16(6-4-15)27-19(14-7-9-22-10-8-14)25-26-20(27)30-13-18(28)24-23-12-17-2-1-11-29-17/h1-12H,13H2,(H,24,28)/b23-12-. The lowest BCUT2D eigenvalue weighted by atomic mass is 10.2. The molecule has 7 nitrogen and oxygen atoms in total. The van der Waals surface area contributed by atoms with Crippen LogP contribution in [0.5, 0.6) is 0 Å². The molecule has 10 heteroatoms. The van der Waals surface area contributed by atoms with Crippen molar-refractivity contribution < 1.29 is 4.79 Å². The monoisotopic (exact) mass is 454 g/mol. The molecule has 1 amide bonds. The Bertz CT molecular complexity index is 1140. The summed E-state index contributed by atoms with van der Waals surface area (Å²) in [6.07, 6.45) is 5.01. The maximum atomic E-state index is 12.2. The van der Waals surface area contributed by atoms with Gasteiger partial charge in [-0.3, -0.25) is 14.3 Å². The molecule has 3 heterocycles. The van der Waals surface area contributed by atoms with Crippen LogP contribution in [0.15, 0.2) is 76.6 Å². The summed E-state index contributed by atoms with van der Waals surface area (Å²) < 4.78 is 1.89. The number of rotatable bonds is 7. The first kappa shape index (κ1) is 20.3. The van der Waals surface area contributed by atoms with Crippen LogP contribution in [0.2, 0.25) is 5.02 Å². The first-order valence-corrected chi connectivity index (χ1v) is 11.0. The highest BCUT2D eigenvalue weighted by molar-refractivity contribution is 7.99. The predicted molar refractivity (Wildman–Crippen MR) is 120 cm³/mol. The maximum absolute atomic E-state index is 12.2. The van der Waals surface area contributed by atoms with Crippen LogP contribution in [0.4, 0.5) is 0 Å². The van der Waals surface area contributed by atoms with Crippen LogP contribution in [0.25, 0.3) is 17.1 Å². The van der Waals surface area contributed by atoms with Gasteiger partial charge < -0.3 is 0 Å². The fourth-order valence-electron chi connectivity index (χ4n) is 2.57. The largest absolute Gasteiger partial charge is 0.272 e. The third-order valence-electron chi connectivity index (χ3n) is 3.91. The van der Waals surface area contributed by atoms with E-state index < -0.39 is 0 Å². The summed E-state index contributed by atoms with van der Waals surface area (Å²) in [7, 11) is 0. The van der Waals surface area contributed by atoms with Gasteiger partial charge in [-0.2, -0.15) is 5.10 Å². The summed E-state index contributed by atoms with van der Waals surface area (Å²) in [6.45, 7) is 0. The molecular formula is C20H15ClN6OS2. The van der Waals surface area contributed by atoms with Crippen molar-refractivity contribution in [2.45, 2.75) is 5.16 Å². The molecule has 4 aromatic rings. The molecular weight excluding hydrogens is 440 g/mol. The molecule has 3 aromatic heterocycles. The summed E-state index contributed by atoms with van der Waals surface area (Å²) in [6, 6.07) is 14.9. The maximum Gasteiger partial charge on any atom is 0.250 e. The Kier molecular flexibility index (Phi) is 6.53. The zero-order chi connectivity index (χ0) is 20.8. The predicted octanol–water partition coefficient (Wildman–Crippen LogP) is 4.29. The van der Waals surface area contributed by atoms with Gasteiger partial charge in [-0.1, -0.05) is 29.4 Å². The summed E-state index contributed by atoms with van der Waals surface area (Å²) in [4.78, 5) is 17.2. The number of benzene rings is 1. The molecule has 0 aliphatic carbocycles. The van der Waals surface area contributed by atoms with Gasteiger partial charge in [-0.05, 0) is 47.8 Å². The average molecular weight is 455 g/mol. The number of hydrogen-bond donors (Lipinski definition) is 1. The molecule has 30 heavy (non-hydrogen) atoms. The second-order valence-electron chi connectivity index (χ2n) is 5.95. The van der Waals surface area contributed by atoms with Gasteiger partial charge in [0.1, 0.15) is 0 Å². The van der Waals surface area contributed by atoms with Crippen molar-refractivity contribution in [2.75, 3.05) is 5.75 Å². The van der Waals surface area contributed by atoms with Crippen molar-refractivity contribution in [1.29, 1.82) is 0 Å². The Morgan fingerprint density at radius 2 is 1.97 bits per heavy atom. The summed E-state index contributed by atoms with van der Waals surface area (Å²) >= 11 is 8.86. The number of pyridine rings is 1. The Labute approximate surface area is 185 Å². The minimum atomic E-state index is -0.232. The van der Waals surface area contributed by atoms with Gasteiger partial charge in [0, 0.05) is 33.5 Å². The van der Waals surface area contributed by atoms with E-state index in [0.29, 0.717) is 16.0 Å². The summed E-state index contributed by atoms with van der Waals surface area (Å²) in [5.41, 5.74) is 4.24. The summed E-state index contributed by atoms with van der Waals surface area (Å²) in [5, 5.41) is 15.8. The van der Waals surface area contributed by atoms with E-state index in [4.69, 9.17) is 11.6 Å². The lowest BCUT2D eigenvalue weighted by Gasteiger charge is -2.10. The number of amides is 1. The van der Waals surface area contributed by atoms with E-state index in [0.717, 1.165) is 16.1 Å². The fraction of sp³-hybridized carbons (Fsp3) is 0.0500. The summed E-state index contributed by atoms with van der Waals surface area (Å²) in [5.74, 6) is 0.561. The van der Waals surface area contributed by atoms with Gasteiger partial charge in [-0.15, -0.1) is 21.5 Å². The Morgan fingerprint density at radius 1 is 1.17 bits per heavy atom. The second kappa shape index (κ2) is 9.66. The number of hydrazone groups is 1. The highest BCUT2D eigenvalue weighted by Crippen LogP contribution is 2.28. The third kappa shape index (κ3) is 4.93. The van der Waals surface area contributed by atoms with Crippen molar-refractivity contribution in [1.82, 2.24) is 25.2 Å². The minimum absolute atomic E-state index is 0.143. The quantitative estimate of drug-likeness (QED) is 0.256. The number of thioether (sulfide) groups is 1. The van der Waals surface area contributed by atoms with Gasteiger partial charge in [0.2, 0.25) is 0 Å². The van der Waals surface area contributed by atoms with E-state index in [1.165, 1.54) is 11.8 Å². The van der Waals surface area contributed by atoms with Gasteiger partial charge in [0.05, 0.1) is 12.0 Å². The Morgan fingerprint density at radius 3 is 2.70 bits per heavy atom. The molecule has 0 spiro atoms. The molecule has 150 valence electrons. The van der Waals surface area contributed by atoms with Crippen LogP contribution in [0.3, 0.4) is 0 Å². The molecule has 4 rings (SSSR count). The van der Waals surface area contributed by atoms with E-state index in [1.54, 1.807) is 42.1 Å². The van der Waals surface area contributed by atoms with Crippen LogP contribution in [-0.4, -0.2) is 37.6 Å². The van der Waals surface area contributed by atoms with E-state index >= 15 is 0 Å². The Balaban J connectivity index is 1.53. The molecule has 0 saturated carbocycles. The number of halogens is 1. The molecule has 1 N–H and O–H groups in total. The molecule has 0 saturated heterocycles. The SMILES string of the molecule is O=C(CSc1nnc(-c2ccncc2)n1-c1ccc(Cl)cc1)N/N=C\c1cccs1. The Hall–Kier alpha value is -3.01. The first-order chi connectivity index (χ1) is 14.7. The topological polar surface area (TPSA) is 85.1 Å². The third-order valence-corrected chi connectivity index (χ3v) is 5.90. The highest BCUT2D eigenvalue weighted by Gasteiger charge is 2.17. The van der Waals surface area contributed by atoms with Crippen LogP contribution >= 0.6 is 34.7 Å². The van der Waals surface area contributed by atoms with Crippen LogP contribution < -0.4 is 5.43 Å². The number of hydrogen-bond acceptors (Lipinski definition) is 7. The smallest absolute Gasteiger partial charge is 0.250 e. The molecule has 1 aromatic carbocycles. The van der Waals surface area contributed by atoms with Crippen LogP contribution in [0, 0.1) is 0 Å². The van der Waals surface area contributed by atoms with Gasteiger partial charge in [0.25, 0.3) is 5.91 Å². The molecule has 0 bridgehead atoms. The fourth-order valence-corrected chi connectivity index (χ4v) is 4.02. The molecule has 0 aliphatic heterocycles. The normalized spacial score (nSPS) is 11.1. The lowest BCUT2D eigenvalue weighted by Crippen LogP contribution is -2.19. The lowest BCUT2D eigenvalue weighted by molar-refractivity contribution is -0.118. The molecule has 0 fully saturated rings. The zero-order valence-electron chi connectivity index (χ0n) is 15.5. The van der Waals surface area contributed by atoms with E-state index in [9.17, 15) is 4.79 Å². The van der Waals surface area contributed by atoms with Crippen molar-refractivity contribution in [3.63, 3.8) is 0 Å². The first-order valence-electron chi connectivity index (χ1n) is 8.80. The minimum Gasteiger partial charge on any atom is -0.272 e. The van der Waals surface area contributed by atoms with Crippen molar-refractivity contribution in [2.24, 2.45) is 5.10 Å². The van der Waals surface area contributed by atoms with Crippen molar-refractivity contribution in [3.8, 4) is 17.1 Å². The van der Waals surface area contributed by atoms with Crippen LogP contribution in [-0.2, 0) is 4.79 Å². The van der Waals surface area contributed by atoms with E-state index in [1.807, 2.05) is 46.3 Å². The van der Waals surface area contributed by atoms with Crippen molar-refractivity contribution >= 4 is 46.8 Å². The van der Waals surface area contributed by atoms with Crippen LogP contribution in [0.1, 0.15) is 4.88 Å². The average Bonchev–Trinajstić information content (AvgIpc) is 3.43. The number of nitrogens with zero attached hydrogens (tertiary/aromatic N) is 5. The number of carbonyl (C=O) groups excluding carboxylic acids is 1. The number of nitrogens with one attached hydrogen (secondary N) is 1. The highest BCUT2D eigenvalue weighted by atomic mass is 35.5. The number of aromatic nitrogens is 4. The molecule has 0 atom stereocenters. The van der Waals surface area contributed by atoms with Gasteiger partial charge >= 0.3 is 0 Å². The molecule has 0 unspecified atom stereocenters. The van der Waals surface area contributed by atoms with E-state index in [-0.39, 0.29) is 11.7 Å². The number of carbonyl (C=O) groups is 1. The second-order valence-corrected chi connectivity index (χ2v) is 8.31. The molecule has 0 aliphatic rings.